The summed E-state index contributed by atoms with van der Waals surface area (Å²) in [4.78, 5) is 14.6. The van der Waals surface area contributed by atoms with Crippen molar-refractivity contribution in [1.29, 1.82) is 0 Å². The van der Waals surface area contributed by atoms with Gasteiger partial charge in [0.1, 0.15) is 5.75 Å². The molecule has 1 heterocycles. The molecule has 0 aromatic heterocycles. The lowest BCUT2D eigenvalue weighted by atomic mass is 10.0. The van der Waals surface area contributed by atoms with Crippen molar-refractivity contribution >= 4 is 5.91 Å². The average molecular weight is 290 g/mol. The second-order valence-electron chi connectivity index (χ2n) is 5.72. The molecule has 2 rings (SSSR count). The van der Waals surface area contributed by atoms with Crippen LogP contribution < -0.4 is 10.1 Å². The summed E-state index contributed by atoms with van der Waals surface area (Å²) < 4.78 is 5.14. The first-order valence-corrected chi connectivity index (χ1v) is 7.87. The molecule has 0 saturated carbocycles. The van der Waals surface area contributed by atoms with E-state index in [-0.39, 0.29) is 5.91 Å². The molecule has 1 fully saturated rings. The monoisotopic (exact) mass is 290 g/mol. The molecule has 1 aromatic rings. The van der Waals surface area contributed by atoms with E-state index in [0.29, 0.717) is 17.4 Å². The molecule has 0 unspecified atom stereocenters. The number of piperidine rings is 1. The SMILES string of the molecule is COc1cccc(C(=O)NCCCN2CCCC[C@@H]2C)c1. The van der Waals surface area contributed by atoms with Gasteiger partial charge in [0.2, 0.25) is 0 Å². The summed E-state index contributed by atoms with van der Waals surface area (Å²) in [5, 5.41) is 2.98. The minimum absolute atomic E-state index is 0.0272. The minimum atomic E-state index is -0.0272. The van der Waals surface area contributed by atoms with E-state index >= 15 is 0 Å². The molecule has 0 bridgehead atoms. The van der Waals surface area contributed by atoms with Crippen LogP contribution in [-0.2, 0) is 0 Å². The van der Waals surface area contributed by atoms with Gasteiger partial charge in [-0.2, -0.15) is 0 Å². The van der Waals surface area contributed by atoms with Gasteiger partial charge in [0.15, 0.2) is 0 Å². The van der Waals surface area contributed by atoms with Crippen molar-refractivity contribution in [3.63, 3.8) is 0 Å². The van der Waals surface area contributed by atoms with E-state index < -0.39 is 0 Å². The number of nitrogens with zero attached hydrogens (tertiary/aromatic N) is 1. The Morgan fingerprint density at radius 1 is 1.43 bits per heavy atom. The maximum atomic E-state index is 12.0. The summed E-state index contributed by atoms with van der Waals surface area (Å²) in [6.45, 7) is 5.29. The zero-order chi connectivity index (χ0) is 15.1. The standard InChI is InChI=1S/C17H26N2O2/c1-14-7-3-4-11-19(14)12-6-10-18-17(20)15-8-5-9-16(13-15)21-2/h5,8-9,13-14H,3-4,6-7,10-12H2,1-2H3,(H,18,20)/t14-/m0/s1. The van der Waals surface area contributed by atoms with E-state index in [1.807, 2.05) is 18.2 Å². The van der Waals surface area contributed by atoms with Gasteiger partial charge in [-0.25, -0.2) is 0 Å². The van der Waals surface area contributed by atoms with Gasteiger partial charge < -0.3 is 15.0 Å². The number of carbonyl (C=O) groups excluding carboxylic acids is 1. The molecule has 1 atom stereocenters. The maximum absolute atomic E-state index is 12.0. The molecule has 21 heavy (non-hydrogen) atoms. The summed E-state index contributed by atoms with van der Waals surface area (Å²) in [6, 6.07) is 7.94. The van der Waals surface area contributed by atoms with Crippen LogP contribution in [0.4, 0.5) is 0 Å². The lowest BCUT2D eigenvalue weighted by Gasteiger charge is -2.33. The van der Waals surface area contributed by atoms with Crippen molar-refractivity contribution in [2.45, 2.75) is 38.6 Å². The van der Waals surface area contributed by atoms with Crippen molar-refractivity contribution < 1.29 is 9.53 Å². The molecule has 1 aliphatic heterocycles. The number of amides is 1. The predicted molar refractivity (Wildman–Crippen MR) is 84.8 cm³/mol. The van der Waals surface area contributed by atoms with E-state index in [1.54, 1.807) is 13.2 Å². The Kier molecular flexibility index (Phi) is 6.05. The van der Waals surface area contributed by atoms with Gasteiger partial charge in [0.25, 0.3) is 5.91 Å². The topological polar surface area (TPSA) is 41.6 Å². The fraction of sp³-hybridized carbons (Fsp3) is 0.588. The first-order chi connectivity index (χ1) is 10.2. The summed E-state index contributed by atoms with van der Waals surface area (Å²) in [7, 11) is 1.61. The Morgan fingerprint density at radius 3 is 3.05 bits per heavy atom. The Bertz CT molecular complexity index is 462. The Balaban J connectivity index is 1.71. The number of methoxy groups -OCH3 is 1. The second-order valence-corrected chi connectivity index (χ2v) is 5.72. The van der Waals surface area contributed by atoms with Crippen molar-refractivity contribution in [3.8, 4) is 5.75 Å². The van der Waals surface area contributed by atoms with Crippen molar-refractivity contribution in [3.05, 3.63) is 29.8 Å². The molecular formula is C17H26N2O2. The Hall–Kier alpha value is -1.55. The molecule has 1 N–H and O–H groups in total. The van der Waals surface area contributed by atoms with Crippen molar-refractivity contribution in [2.24, 2.45) is 0 Å². The molecule has 0 aliphatic carbocycles. The third kappa shape index (κ3) is 4.74. The van der Waals surface area contributed by atoms with E-state index in [0.717, 1.165) is 19.5 Å². The molecule has 4 heteroatoms. The molecule has 0 radical (unpaired) electrons. The summed E-state index contributed by atoms with van der Waals surface area (Å²) in [5.41, 5.74) is 0.653. The number of ether oxygens (including phenoxy) is 1. The summed E-state index contributed by atoms with van der Waals surface area (Å²) in [5.74, 6) is 0.686. The highest BCUT2D eigenvalue weighted by Crippen LogP contribution is 2.16. The molecule has 1 saturated heterocycles. The first-order valence-electron chi connectivity index (χ1n) is 7.87. The second kappa shape index (κ2) is 8.03. The highest BCUT2D eigenvalue weighted by Gasteiger charge is 2.17. The predicted octanol–water partition coefficient (Wildman–Crippen LogP) is 2.69. The van der Waals surface area contributed by atoms with Crippen LogP contribution in [0.3, 0.4) is 0 Å². The highest BCUT2D eigenvalue weighted by atomic mass is 16.5. The van der Waals surface area contributed by atoms with Gasteiger partial charge >= 0.3 is 0 Å². The highest BCUT2D eigenvalue weighted by molar-refractivity contribution is 5.94. The molecule has 1 amide bonds. The smallest absolute Gasteiger partial charge is 0.251 e. The zero-order valence-electron chi connectivity index (χ0n) is 13.1. The van der Waals surface area contributed by atoms with Crippen LogP contribution in [0.1, 0.15) is 43.0 Å². The summed E-state index contributed by atoms with van der Waals surface area (Å²) >= 11 is 0. The maximum Gasteiger partial charge on any atom is 0.251 e. The molecule has 0 spiro atoms. The first kappa shape index (κ1) is 15.8. The van der Waals surface area contributed by atoms with Gasteiger partial charge in [-0.15, -0.1) is 0 Å². The van der Waals surface area contributed by atoms with Crippen molar-refractivity contribution in [1.82, 2.24) is 10.2 Å². The third-order valence-electron chi connectivity index (χ3n) is 4.18. The van der Waals surface area contributed by atoms with Crippen LogP contribution in [0.15, 0.2) is 24.3 Å². The lowest BCUT2D eigenvalue weighted by Crippen LogP contribution is -2.39. The normalized spacial score (nSPS) is 19.2. The number of nitrogens with one attached hydrogen (secondary N) is 1. The molecular weight excluding hydrogens is 264 g/mol. The van der Waals surface area contributed by atoms with Crippen LogP contribution in [-0.4, -0.2) is 43.6 Å². The molecule has 1 aromatic carbocycles. The average Bonchev–Trinajstić information content (AvgIpc) is 2.53. The summed E-state index contributed by atoms with van der Waals surface area (Å²) in [6.07, 6.45) is 4.96. The third-order valence-corrected chi connectivity index (χ3v) is 4.18. The fourth-order valence-corrected chi connectivity index (χ4v) is 2.84. The fourth-order valence-electron chi connectivity index (χ4n) is 2.84. The van der Waals surface area contributed by atoms with Crippen LogP contribution >= 0.6 is 0 Å². The number of likely N-dealkylation sites (tertiary alicyclic amines) is 1. The minimum Gasteiger partial charge on any atom is -0.497 e. The van der Waals surface area contributed by atoms with Crippen LogP contribution in [0, 0.1) is 0 Å². The van der Waals surface area contributed by atoms with Gasteiger partial charge in [0, 0.05) is 24.7 Å². The molecule has 116 valence electrons. The van der Waals surface area contributed by atoms with Gasteiger partial charge in [-0.05, 0) is 50.9 Å². The van der Waals surface area contributed by atoms with Gasteiger partial charge in [-0.3, -0.25) is 4.79 Å². The van der Waals surface area contributed by atoms with Crippen LogP contribution in [0.5, 0.6) is 5.75 Å². The number of hydrogen-bond acceptors (Lipinski definition) is 3. The van der Waals surface area contributed by atoms with Crippen LogP contribution in [0.2, 0.25) is 0 Å². The Morgan fingerprint density at radius 2 is 2.29 bits per heavy atom. The quantitative estimate of drug-likeness (QED) is 0.819. The van der Waals surface area contributed by atoms with Crippen molar-refractivity contribution in [2.75, 3.05) is 26.7 Å². The van der Waals surface area contributed by atoms with Gasteiger partial charge in [-0.1, -0.05) is 12.5 Å². The van der Waals surface area contributed by atoms with Crippen LogP contribution in [0.25, 0.3) is 0 Å². The number of benzene rings is 1. The van der Waals surface area contributed by atoms with E-state index in [1.165, 1.54) is 25.8 Å². The van der Waals surface area contributed by atoms with E-state index in [2.05, 4.69) is 17.1 Å². The van der Waals surface area contributed by atoms with E-state index in [4.69, 9.17) is 4.74 Å². The molecule has 4 nitrogen and oxygen atoms in total. The van der Waals surface area contributed by atoms with Gasteiger partial charge in [0.05, 0.1) is 7.11 Å². The number of hydrogen-bond donors (Lipinski definition) is 1. The Labute approximate surface area is 127 Å². The molecule has 1 aliphatic rings. The van der Waals surface area contributed by atoms with E-state index in [9.17, 15) is 4.79 Å². The number of rotatable bonds is 6. The zero-order valence-corrected chi connectivity index (χ0v) is 13.1. The lowest BCUT2D eigenvalue weighted by molar-refractivity contribution is 0.0948. The number of carbonyl (C=O) groups is 1. The largest absolute Gasteiger partial charge is 0.497 e.